The maximum Gasteiger partial charge on any atom is 0.232 e. The molecule has 0 saturated carbocycles. The minimum Gasteiger partial charge on any atom is -0.438 e. The number of nitrogen functional groups attached to an aromatic ring is 1. The quantitative estimate of drug-likeness (QED) is 0.797. The van der Waals surface area contributed by atoms with Gasteiger partial charge in [-0.05, 0) is 24.6 Å². The Bertz CT molecular complexity index is 819. The number of aromatic nitrogens is 2. The van der Waals surface area contributed by atoms with Gasteiger partial charge in [-0.1, -0.05) is 6.92 Å². The van der Waals surface area contributed by atoms with Crippen LogP contribution >= 0.6 is 11.3 Å². The Hall–Kier alpha value is -2.28. The van der Waals surface area contributed by atoms with Crippen LogP contribution in [-0.2, 0) is 6.42 Å². The van der Waals surface area contributed by atoms with Gasteiger partial charge in [0.2, 0.25) is 11.8 Å². The van der Waals surface area contributed by atoms with Gasteiger partial charge in [-0.3, -0.25) is 0 Å². The van der Waals surface area contributed by atoms with Gasteiger partial charge in [-0.15, -0.1) is 11.3 Å². The third-order valence-electron chi connectivity index (χ3n) is 2.88. The summed E-state index contributed by atoms with van der Waals surface area (Å²) in [5.41, 5.74) is 5.65. The van der Waals surface area contributed by atoms with Gasteiger partial charge in [0.25, 0.3) is 0 Å². The number of anilines is 1. The summed E-state index contributed by atoms with van der Waals surface area (Å²) < 4.78 is 31.7. The molecule has 0 bridgehead atoms. The zero-order chi connectivity index (χ0) is 15.0. The SMILES string of the molecule is CCc1cc2c(Oc3ccc(F)c(F)c3)nc(N)nc2s1. The summed E-state index contributed by atoms with van der Waals surface area (Å²) in [4.78, 5) is 10.00. The molecule has 3 rings (SSSR count). The molecular formula is C14H11F2N3OS. The van der Waals surface area contributed by atoms with Gasteiger partial charge in [-0.2, -0.15) is 4.98 Å². The molecule has 3 aromatic rings. The average molecular weight is 307 g/mol. The van der Waals surface area contributed by atoms with E-state index in [0.717, 1.165) is 23.4 Å². The molecule has 0 amide bonds. The van der Waals surface area contributed by atoms with Gasteiger partial charge in [-0.25, -0.2) is 13.8 Å². The molecule has 0 spiro atoms. The molecule has 108 valence electrons. The van der Waals surface area contributed by atoms with Crippen molar-refractivity contribution in [2.45, 2.75) is 13.3 Å². The zero-order valence-electron chi connectivity index (χ0n) is 11.1. The highest BCUT2D eigenvalue weighted by Gasteiger charge is 2.13. The molecule has 0 aliphatic rings. The Balaban J connectivity index is 2.06. The summed E-state index contributed by atoms with van der Waals surface area (Å²) >= 11 is 1.50. The number of aryl methyl sites for hydroxylation is 1. The lowest BCUT2D eigenvalue weighted by molar-refractivity contribution is 0.452. The minimum absolute atomic E-state index is 0.0737. The molecule has 0 unspecified atom stereocenters. The highest BCUT2D eigenvalue weighted by Crippen LogP contribution is 2.33. The predicted molar refractivity (Wildman–Crippen MR) is 77.6 cm³/mol. The third-order valence-corrected chi connectivity index (χ3v) is 4.05. The van der Waals surface area contributed by atoms with E-state index in [4.69, 9.17) is 10.5 Å². The summed E-state index contributed by atoms with van der Waals surface area (Å²) in [6, 6.07) is 5.20. The van der Waals surface area contributed by atoms with Crippen molar-refractivity contribution < 1.29 is 13.5 Å². The number of fused-ring (bicyclic) bond motifs is 1. The lowest BCUT2D eigenvalue weighted by atomic mass is 10.3. The Morgan fingerprint density at radius 1 is 1.19 bits per heavy atom. The lowest BCUT2D eigenvalue weighted by Gasteiger charge is -2.06. The monoisotopic (exact) mass is 307 g/mol. The van der Waals surface area contributed by atoms with Crippen molar-refractivity contribution in [2.24, 2.45) is 0 Å². The second-order valence-corrected chi connectivity index (χ2v) is 5.47. The van der Waals surface area contributed by atoms with Gasteiger partial charge in [0.1, 0.15) is 10.6 Å². The first-order valence-electron chi connectivity index (χ1n) is 6.25. The Labute approximate surface area is 123 Å². The highest BCUT2D eigenvalue weighted by molar-refractivity contribution is 7.18. The van der Waals surface area contributed by atoms with Crippen LogP contribution in [0.25, 0.3) is 10.2 Å². The summed E-state index contributed by atoms with van der Waals surface area (Å²) in [7, 11) is 0. The fourth-order valence-corrected chi connectivity index (χ4v) is 2.83. The average Bonchev–Trinajstić information content (AvgIpc) is 2.86. The van der Waals surface area contributed by atoms with Crippen molar-refractivity contribution in [1.82, 2.24) is 9.97 Å². The summed E-state index contributed by atoms with van der Waals surface area (Å²) in [5, 5.41) is 0.704. The molecule has 2 heterocycles. The largest absolute Gasteiger partial charge is 0.438 e. The Morgan fingerprint density at radius 3 is 2.71 bits per heavy atom. The number of thiophene rings is 1. The minimum atomic E-state index is -0.981. The number of hydrogen-bond acceptors (Lipinski definition) is 5. The normalized spacial score (nSPS) is 11.0. The molecule has 4 nitrogen and oxygen atoms in total. The van der Waals surface area contributed by atoms with E-state index in [-0.39, 0.29) is 17.6 Å². The number of nitrogens with two attached hydrogens (primary N) is 1. The number of ether oxygens (including phenoxy) is 1. The zero-order valence-corrected chi connectivity index (χ0v) is 11.9. The standard InChI is InChI=1S/C14H11F2N3OS/c1-2-8-6-9-12(18-14(17)19-13(9)21-8)20-7-3-4-10(15)11(16)5-7/h3-6H,2H2,1H3,(H2,17,18,19). The first-order valence-corrected chi connectivity index (χ1v) is 7.07. The molecule has 0 aliphatic carbocycles. The maximum absolute atomic E-state index is 13.2. The molecule has 7 heteroatoms. The van der Waals surface area contributed by atoms with E-state index < -0.39 is 11.6 Å². The van der Waals surface area contributed by atoms with Gasteiger partial charge in [0, 0.05) is 10.9 Å². The van der Waals surface area contributed by atoms with Crippen molar-refractivity contribution in [1.29, 1.82) is 0 Å². The summed E-state index contributed by atoms with van der Waals surface area (Å²) in [6.07, 6.45) is 0.853. The van der Waals surface area contributed by atoms with Crippen LogP contribution in [0.4, 0.5) is 14.7 Å². The van der Waals surface area contributed by atoms with Crippen molar-refractivity contribution in [3.05, 3.63) is 40.8 Å². The van der Waals surface area contributed by atoms with E-state index in [0.29, 0.717) is 10.2 Å². The molecule has 0 radical (unpaired) electrons. The number of rotatable bonds is 3. The third kappa shape index (κ3) is 2.64. The summed E-state index contributed by atoms with van der Waals surface area (Å²) in [5.74, 6) is -1.45. The molecule has 0 atom stereocenters. The van der Waals surface area contributed by atoms with Crippen LogP contribution in [-0.4, -0.2) is 9.97 Å². The number of nitrogens with zero attached hydrogens (tertiary/aromatic N) is 2. The van der Waals surface area contributed by atoms with E-state index in [9.17, 15) is 8.78 Å². The smallest absolute Gasteiger partial charge is 0.232 e. The maximum atomic E-state index is 13.2. The topological polar surface area (TPSA) is 61.0 Å². The van der Waals surface area contributed by atoms with Crippen LogP contribution in [0.15, 0.2) is 24.3 Å². The van der Waals surface area contributed by atoms with Crippen LogP contribution in [0.1, 0.15) is 11.8 Å². The molecule has 2 N–H and O–H groups in total. The van der Waals surface area contributed by atoms with Gasteiger partial charge in [0.15, 0.2) is 11.6 Å². The van der Waals surface area contributed by atoms with Gasteiger partial charge < -0.3 is 10.5 Å². The van der Waals surface area contributed by atoms with Crippen LogP contribution in [0.2, 0.25) is 0 Å². The van der Waals surface area contributed by atoms with Crippen LogP contribution in [0, 0.1) is 11.6 Å². The van der Waals surface area contributed by atoms with Gasteiger partial charge in [0.05, 0.1) is 5.39 Å². The van der Waals surface area contributed by atoms with Crippen LogP contribution in [0.5, 0.6) is 11.6 Å². The summed E-state index contributed by atoms with van der Waals surface area (Å²) in [6.45, 7) is 2.03. The van der Waals surface area contributed by atoms with E-state index in [2.05, 4.69) is 9.97 Å². The van der Waals surface area contributed by atoms with Gasteiger partial charge >= 0.3 is 0 Å². The second kappa shape index (κ2) is 5.25. The number of hydrogen-bond donors (Lipinski definition) is 1. The first kappa shape index (κ1) is 13.7. The van der Waals surface area contributed by atoms with E-state index >= 15 is 0 Å². The lowest BCUT2D eigenvalue weighted by Crippen LogP contribution is -1.97. The Kier molecular flexibility index (Phi) is 3.42. The Morgan fingerprint density at radius 2 is 2.00 bits per heavy atom. The van der Waals surface area contributed by atoms with Crippen molar-refractivity contribution in [3.8, 4) is 11.6 Å². The molecule has 21 heavy (non-hydrogen) atoms. The molecule has 0 fully saturated rings. The van der Waals surface area contributed by atoms with E-state index in [1.165, 1.54) is 17.4 Å². The van der Waals surface area contributed by atoms with E-state index in [1.54, 1.807) is 0 Å². The van der Waals surface area contributed by atoms with E-state index in [1.807, 2.05) is 13.0 Å². The molecule has 1 aromatic carbocycles. The fourth-order valence-electron chi connectivity index (χ4n) is 1.86. The number of halogens is 2. The second-order valence-electron chi connectivity index (χ2n) is 4.35. The predicted octanol–water partition coefficient (Wildman–Crippen LogP) is 3.91. The van der Waals surface area contributed by atoms with Crippen molar-refractivity contribution >= 4 is 27.5 Å². The molecule has 0 aliphatic heterocycles. The molecule has 0 saturated heterocycles. The first-order chi connectivity index (χ1) is 10.1. The number of benzene rings is 1. The van der Waals surface area contributed by atoms with Crippen LogP contribution in [0.3, 0.4) is 0 Å². The van der Waals surface area contributed by atoms with Crippen LogP contribution < -0.4 is 10.5 Å². The highest BCUT2D eigenvalue weighted by atomic mass is 32.1. The fraction of sp³-hybridized carbons (Fsp3) is 0.143. The van der Waals surface area contributed by atoms with Crippen molar-refractivity contribution in [3.63, 3.8) is 0 Å². The molecule has 2 aromatic heterocycles. The molecular weight excluding hydrogens is 296 g/mol. The van der Waals surface area contributed by atoms with Crippen molar-refractivity contribution in [2.75, 3.05) is 5.73 Å².